The fourth-order valence-corrected chi connectivity index (χ4v) is 5.43. The molecule has 0 saturated carbocycles. The fourth-order valence-electron chi connectivity index (χ4n) is 4.94. The average Bonchev–Trinajstić information content (AvgIpc) is 3.05. The van der Waals surface area contributed by atoms with Gasteiger partial charge in [0.25, 0.3) is 0 Å². The summed E-state index contributed by atoms with van der Waals surface area (Å²) in [5.74, 6) is 1.85. The number of benzene rings is 4. The lowest BCUT2D eigenvalue weighted by Crippen LogP contribution is -2.00. The molecular formula is C35H22BrN5. The second-order valence-electron chi connectivity index (χ2n) is 9.59. The van der Waals surface area contributed by atoms with Gasteiger partial charge in [0.05, 0.1) is 5.52 Å². The number of halogens is 1. The lowest BCUT2D eigenvalue weighted by molar-refractivity contribution is 1.07. The predicted molar refractivity (Wildman–Crippen MR) is 168 cm³/mol. The van der Waals surface area contributed by atoms with Gasteiger partial charge in [0, 0.05) is 45.1 Å². The second kappa shape index (κ2) is 10.8. The van der Waals surface area contributed by atoms with Crippen molar-refractivity contribution in [1.82, 2.24) is 24.9 Å². The SMILES string of the molecule is Brc1cc(-c2nc(-c3ccccc3)nc(-c3ccc(-c4ccncc4)cc3)n2)cc(-c2cccc3ncccc23)c1. The van der Waals surface area contributed by atoms with Gasteiger partial charge in [0.1, 0.15) is 0 Å². The van der Waals surface area contributed by atoms with Gasteiger partial charge in [-0.25, -0.2) is 15.0 Å². The Bertz CT molecular complexity index is 1990. The minimum atomic E-state index is 0.605. The topological polar surface area (TPSA) is 64.5 Å². The van der Waals surface area contributed by atoms with Gasteiger partial charge < -0.3 is 0 Å². The van der Waals surface area contributed by atoms with E-state index in [2.05, 4.69) is 74.4 Å². The van der Waals surface area contributed by atoms with Gasteiger partial charge in [-0.1, -0.05) is 88.7 Å². The molecule has 0 unspecified atom stereocenters. The van der Waals surface area contributed by atoms with Crippen molar-refractivity contribution in [2.24, 2.45) is 0 Å². The lowest BCUT2D eigenvalue weighted by atomic mass is 9.98. The summed E-state index contributed by atoms with van der Waals surface area (Å²) in [5, 5.41) is 1.09. The Morgan fingerprint density at radius 2 is 1.07 bits per heavy atom. The molecule has 0 aliphatic heterocycles. The van der Waals surface area contributed by atoms with Gasteiger partial charge in [-0.05, 0) is 64.7 Å². The van der Waals surface area contributed by atoms with E-state index >= 15 is 0 Å². The van der Waals surface area contributed by atoms with Crippen molar-refractivity contribution in [1.29, 1.82) is 0 Å². The molecule has 0 amide bonds. The van der Waals surface area contributed by atoms with Crippen molar-refractivity contribution in [2.45, 2.75) is 0 Å². The van der Waals surface area contributed by atoms with Crippen LogP contribution >= 0.6 is 15.9 Å². The maximum atomic E-state index is 4.97. The van der Waals surface area contributed by atoms with Crippen LogP contribution < -0.4 is 0 Å². The molecule has 0 fully saturated rings. The minimum absolute atomic E-state index is 0.605. The molecule has 41 heavy (non-hydrogen) atoms. The highest BCUT2D eigenvalue weighted by atomic mass is 79.9. The smallest absolute Gasteiger partial charge is 0.164 e. The van der Waals surface area contributed by atoms with Crippen LogP contribution in [0.25, 0.3) is 67.3 Å². The zero-order valence-electron chi connectivity index (χ0n) is 21.8. The summed E-state index contributed by atoms with van der Waals surface area (Å²) in [6.45, 7) is 0. The van der Waals surface area contributed by atoms with Gasteiger partial charge >= 0.3 is 0 Å². The largest absolute Gasteiger partial charge is 0.265 e. The van der Waals surface area contributed by atoms with E-state index in [0.717, 1.165) is 54.3 Å². The molecule has 7 aromatic rings. The number of fused-ring (bicyclic) bond motifs is 1. The Balaban J connectivity index is 1.37. The summed E-state index contributed by atoms with van der Waals surface area (Å²) in [7, 11) is 0. The summed E-state index contributed by atoms with van der Waals surface area (Å²) in [5.41, 5.74) is 8.06. The number of nitrogens with zero attached hydrogens (tertiary/aromatic N) is 5. The van der Waals surface area contributed by atoms with Crippen molar-refractivity contribution in [3.8, 4) is 56.4 Å². The van der Waals surface area contributed by atoms with Crippen molar-refractivity contribution < 1.29 is 0 Å². The van der Waals surface area contributed by atoms with Crippen molar-refractivity contribution in [3.63, 3.8) is 0 Å². The number of hydrogen-bond donors (Lipinski definition) is 0. The Hall–Kier alpha value is -5.07. The van der Waals surface area contributed by atoms with Crippen LogP contribution in [-0.2, 0) is 0 Å². The van der Waals surface area contributed by atoms with Crippen LogP contribution in [0.5, 0.6) is 0 Å². The van der Waals surface area contributed by atoms with Gasteiger partial charge in [-0.15, -0.1) is 0 Å². The van der Waals surface area contributed by atoms with E-state index < -0.39 is 0 Å². The molecule has 3 aromatic heterocycles. The normalized spacial score (nSPS) is 11.0. The zero-order valence-corrected chi connectivity index (χ0v) is 23.4. The van der Waals surface area contributed by atoms with E-state index in [-0.39, 0.29) is 0 Å². The molecule has 7 rings (SSSR count). The quantitative estimate of drug-likeness (QED) is 0.200. The fraction of sp³-hybridized carbons (Fsp3) is 0. The van der Waals surface area contributed by atoms with E-state index in [0.29, 0.717) is 17.5 Å². The molecule has 194 valence electrons. The van der Waals surface area contributed by atoms with E-state index in [1.165, 1.54) is 0 Å². The third-order valence-corrected chi connectivity index (χ3v) is 7.39. The average molecular weight is 593 g/mol. The summed E-state index contributed by atoms with van der Waals surface area (Å²) in [4.78, 5) is 23.5. The van der Waals surface area contributed by atoms with Crippen LogP contribution in [-0.4, -0.2) is 24.9 Å². The van der Waals surface area contributed by atoms with E-state index in [1.807, 2.05) is 72.9 Å². The van der Waals surface area contributed by atoms with Crippen LogP contribution in [0.2, 0.25) is 0 Å². The number of pyridine rings is 2. The van der Waals surface area contributed by atoms with Crippen molar-refractivity contribution >= 4 is 26.8 Å². The molecule has 0 N–H and O–H groups in total. The third-order valence-electron chi connectivity index (χ3n) is 6.94. The highest BCUT2D eigenvalue weighted by Gasteiger charge is 2.15. The highest BCUT2D eigenvalue weighted by Crippen LogP contribution is 2.34. The molecule has 6 heteroatoms. The molecular weight excluding hydrogens is 570 g/mol. The summed E-state index contributed by atoms with van der Waals surface area (Å²) in [6, 6.07) is 38.8. The molecule has 0 aliphatic rings. The zero-order chi connectivity index (χ0) is 27.6. The molecule has 3 heterocycles. The molecule has 0 aliphatic carbocycles. The Morgan fingerprint density at radius 3 is 1.83 bits per heavy atom. The highest BCUT2D eigenvalue weighted by molar-refractivity contribution is 9.10. The molecule has 5 nitrogen and oxygen atoms in total. The first-order chi connectivity index (χ1) is 20.2. The molecule has 4 aromatic carbocycles. The molecule has 0 radical (unpaired) electrons. The maximum absolute atomic E-state index is 4.97. The van der Waals surface area contributed by atoms with E-state index in [1.54, 1.807) is 12.4 Å². The minimum Gasteiger partial charge on any atom is -0.265 e. The Morgan fingerprint density at radius 1 is 0.439 bits per heavy atom. The molecule has 0 spiro atoms. The van der Waals surface area contributed by atoms with Gasteiger partial charge in [-0.3, -0.25) is 9.97 Å². The first-order valence-electron chi connectivity index (χ1n) is 13.2. The predicted octanol–water partition coefficient (Wildman–Crippen LogP) is 8.91. The number of hydrogen-bond acceptors (Lipinski definition) is 5. The standard InChI is InChI=1S/C35H22BrN5/c36-29-21-27(30-8-4-10-32-31(30)9-5-17-38-32)20-28(22-29)35-40-33(25-6-2-1-3-7-25)39-34(41-35)26-13-11-23(12-14-26)24-15-18-37-19-16-24/h1-22H. The van der Waals surface area contributed by atoms with E-state index in [9.17, 15) is 0 Å². The van der Waals surface area contributed by atoms with Gasteiger partial charge in [0.15, 0.2) is 17.5 Å². The van der Waals surface area contributed by atoms with E-state index in [4.69, 9.17) is 15.0 Å². The van der Waals surface area contributed by atoms with Crippen LogP contribution in [0.3, 0.4) is 0 Å². The first-order valence-corrected chi connectivity index (χ1v) is 14.0. The third kappa shape index (κ3) is 5.13. The molecule has 0 saturated heterocycles. The van der Waals surface area contributed by atoms with Crippen molar-refractivity contribution in [2.75, 3.05) is 0 Å². The lowest BCUT2D eigenvalue weighted by Gasteiger charge is -2.12. The van der Waals surface area contributed by atoms with Crippen LogP contribution in [0.15, 0.2) is 138 Å². The molecule has 0 bridgehead atoms. The molecule has 0 atom stereocenters. The van der Waals surface area contributed by atoms with Crippen LogP contribution in [0.1, 0.15) is 0 Å². The van der Waals surface area contributed by atoms with Crippen molar-refractivity contribution in [3.05, 3.63) is 138 Å². The number of aromatic nitrogens is 5. The first kappa shape index (κ1) is 24.9. The monoisotopic (exact) mass is 591 g/mol. The van der Waals surface area contributed by atoms with Gasteiger partial charge in [0.2, 0.25) is 0 Å². The summed E-state index contributed by atoms with van der Waals surface area (Å²) in [6.07, 6.45) is 5.42. The van der Waals surface area contributed by atoms with Gasteiger partial charge in [-0.2, -0.15) is 0 Å². The van der Waals surface area contributed by atoms with Crippen LogP contribution in [0.4, 0.5) is 0 Å². The van der Waals surface area contributed by atoms with Crippen LogP contribution in [0, 0.1) is 0 Å². The second-order valence-corrected chi connectivity index (χ2v) is 10.5. The Kier molecular flexibility index (Phi) is 6.59. The maximum Gasteiger partial charge on any atom is 0.164 e. The summed E-state index contributed by atoms with van der Waals surface area (Å²) < 4.78 is 0.941. The Labute approximate surface area is 245 Å². The summed E-state index contributed by atoms with van der Waals surface area (Å²) >= 11 is 3.74. The number of rotatable bonds is 5.